The van der Waals surface area contributed by atoms with E-state index in [4.69, 9.17) is 0 Å². The summed E-state index contributed by atoms with van der Waals surface area (Å²) in [5.74, 6) is 0.740. The normalized spacial score (nSPS) is 29.9. The van der Waals surface area contributed by atoms with Crippen LogP contribution in [0.15, 0.2) is 12.0 Å². The van der Waals surface area contributed by atoms with Crippen LogP contribution in [0.25, 0.3) is 0 Å². The van der Waals surface area contributed by atoms with Gasteiger partial charge >= 0.3 is 0 Å². The first kappa shape index (κ1) is 10.7. The highest BCUT2D eigenvalue weighted by atomic mass is 32.2. The SMILES string of the molecule is C=CS(=O)(=O)NC1CCC(C)CC1. The first-order valence-electron chi connectivity index (χ1n) is 4.68. The first-order valence-corrected chi connectivity index (χ1v) is 6.23. The molecule has 0 saturated heterocycles. The van der Waals surface area contributed by atoms with Crippen LogP contribution >= 0.6 is 0 Å². The van der Waals surface area contributed by atoms with Gasteiger partial charge in [0.2, 0.25) is 10.0 Å². The fourth-order valence-corrected chi connectivity index (χ4v) is 2.45. The largest absolute Gasteiger partial charge is 0.233 e. The highest BCUT2D eigenvalue weighted by molar-refractivity contribution is 7.92. The van der Waals surface area contributed by atoms with E-state index < -0.39 is 10.0 Å². The molecule has 0 aromatic heterocycles. The number of rotatable bonds is 3. The summed E-state index contributed by atoms with van der Waals surface area (Å²) in [6.45, 7) is 5.47. The molecule has 0 heterocycles. The molecule has 76 valence electrons. The molecule has 1 N–H and O–H groups in total. The molecule has 0 radical (unpaired) electrons. The molecule has 1 fully saturated rings. The number of nitrogens with one attached hydrogen (secondary N) is 1. The quantitative estimate of drug-likeness (QED) is 0.757. The molecule has 0 aromatic rings. The average Bonchev–Trinajstić information content (AvgIpc) is 2.09. The molecule has 0 aromatic carbocycles. The third-order valence-corrected chi connectivity index (χ3v) is 3.67. The Labute approximate surface area is 80.3 Å². The van der Waals surface area contributed by atoms with Crippen LogP contribution in [0.1, 0.15) is 32.6 Å². The van der Waals surface area contributed by atoms with Crippen molar-refractivity contribution in [3.05, 3.63) is 12.0 Å². The maximum absolute atomic E-state index is 11.1. The van der Waals surface area contributed by atoms with Gasteiger partial charge in [-0.15, -0.1) is 0 Å². The van der Waals surface area contributed by atoms with Gasteiger partial charge in [0, 0.05) is 11.4 Å². The van der Waals surface area contributed by atoms with Crippen LogP contribution in [0.3, 0.4) is 0 Å². The Kier molecular flexibility index (Phi) is 3.50. The Bertz CT molecular complexity index is 263. The highest BCUT2D eigenvalue weighted by Gasteiger charge is 2.20. The fraction of sp³-hybridized carbons (Fsp3) is 0.778. The molecular weight excluding hydrogens is 186 g/mol. The molecule has 13 heavy (non-hydrogen) atoms. The smallest absolute Gasteiger partial charge is 0.209 e. The molecule has 0 atom stereocenters. The van der Waals surface area contributed by atoms with Crippen LogP contribution in [-0.2, 0) is 10.0 Å². The summed E-state index contributed by atoms with van der Waals surface area (Å²) < 4.78 is 24.9. The van der Waals surface area contributed by atoms with Crippen LogP contribution in [0.2, 0.25) is 0 Å². The van der Waals surface area contributed by atoms with Crippen molar-refractivity contribution in [1.29, 1.82) is 0 Å². The van der Waals surface area contributed by atoms with Crippen molar-refractivity contribution in [2.45, 2.75) is 38.6 Å². The van der Waals surface area contributed by atoms with Crippen molar-refractivity contribution in [2.75, 3.05) is 0 Å². The van der Waals surface area contributed by atoms with Crippen molar-refractivity contribution in [3.8, 4) is 0 Å². The average molecular weight is 203 g/mol. The lowest BCUT2D eigenvalue weighted by Gasteiger charge is -2.26. The monoisotopic (exact) mass is 203 g/mol. The van der Waals surface area contributed by atoms with Crippen LogP contribution in [-0.4, -0.2) is 14.5 Å². The molecule has 0 bridgehead atoms. The van der Waals surface area contributed by atoms with Crippen LogP contribution < -0.4 is 4.72 Å². The van der Waals surface area contributed by atoms with E-state index in [1.807, 2.05) is 0 Å². The Morgan fingerprint density at radius 2 is 1.85 bits per heavy atom. The Morgan fingerprint density at radius 3 is 2.31 bits per heavy atom. The minimum atomic E-state index is -3.22. The summed E-state index contributed by atoms with van der Waals surface area (Å²) in [5.41, 5.74) is 0. The lowest BCUT2D eigenvalue weighted by Crippen LogP contribution is -2.36. The van der Waals surface area contributed by atoms with Gasteiger partial charge in [-0.05, 0) is 31.6 Å². The summed E-state index contributed by atoms with van der Waals surface area (Å²) >= 11 is 0. The van der Waals surface area contributed by atoms with Gasteiger partial charge in [0.1, 0.15) is 0 Å². The molecule has 3 nitrogen and oxygen atoms in total. The third-order valence-electron chi connectivity index (χ3n) is 2.57. The molecule has 0 amide bonds. The van der Waals surface area contributed by atoms with Crippen molar-refractivity contribution in [1.82, 2.24) is 4.72 Å². The zero-order valence-corrected chi connectivity index (χ0v) is 8.81. The van der Waals surface area contributed by atoms with Crippen molar-refractivity contribution < 1.29 is 8.42 Å². The summed E-state index contributed by atoms with van der Waals surface area (Å²) in [6.07, 6.45) is 4.14. The molecule has 1 saturated carbocycles. The highest BCUT2D eigenvalue weighted by Crippen LogP contribution is 2.23. The van der Waals surface area contributed by atoms with Crippen molar-refractivity contribution in [2.24, 2.45) is 5.92 Å². The maximum atomic E-state index is 11.1. The van der Waals surface area contributed by atoms with Crippen molar-refractivity contribution >= 4 is 10.0 Å². The van der Waals surface area contributed by atoms with Gasteiger partial charge < -0.3 is 0 Å². The van der Waals surface area contributed by atoms with E-state index in [9.17, 15) is 8.42 Å². The first-order chi connectivity index (χ1) is 6.03. The predicted octanol–water partition coefficient (Wildman–Crippen LogP) is 1.63. The van der Waals surface area contributed by atoms with Gasteiger partial charge in [-0.25, -0.2) is 13.1 Å². The van der Waals surface area contributed by atoms with E-state index in [-0.39, 0.29) is 6.04 Å². The standard InChI is InChI=1S/C9H17NO2S/c1-3-13(11,12)10-9-6-4-8(2)5-7-9/h3,8-10H,1,4-7H2,2H3. The number of sulfonamides is 1. The number of hydrogen-bond donors (Lipinski definition) is 1. The second kappa shape index (κ2) is 4.24. The molecule has 1 rings (SSSR count). The van der Waals surface area contributed by atoms with Gasteiger partial charge in [-0.2, -0.15) is 0 Å². The minimum absolute atomic E-state index is 0.124. The fourth-order valence-electron chi connectivity index (χ4n) is 1.66. The minimum Gasteiger partial charge on any atom is -0.209 e. The van der Waals surface area contributed by atoms with E-state index in [1.165, 1.54) is 0 Å². The molecular formula is C9H17NO2S. The van der Waals surface area contributed by atoms with Gasteiger partial charge in [-0.3, -0.25) is 0 Å². The second-order valence-corrected chi connectivity index (χ2v) is 5.45. The van der Waals surface area contributed by atoms with Gasteiger partial charge in [0.05, 0.1) is 0 Å². The Balaban J connectivity index is 2.43. The summed E-state index contributed by atoms with van der Waals surface area (Å²) in [5, 5.41) is 0.977. The van der Waals surface area contributed by atoms with Gasteiger partial charge in [0.25, 0.3) is 0 Å². The van der Waals surface area contributed by atoms with Crippen LogP contribution in [0.4, 0.5) is 0 Å². The van der Waals surface area contributed by atoms with E-state index in [2.05, 4.69) is 18.2 Å². The lowest BCUT2D eigenvalue weighted by atomic mass is 9.88. The molecule has 1 aliphatic carbocycles. The van der Waals surface area contributed by atoms with Gasteiger partial charge in [-0.1, -0.05) is 13.5 Å². The maximum Gasteiger partial charge on any atom is 0.233 e. The molecule has 0 spiro atoms. The number of hydrogen-bond acceptors (Lipinski definition) is 2. The van der Waals surface area contributed by atoms with E-state index in [0.717, 1.165) is 37.0 Å². The zero-order chi connectivity index (χ0) is 9.90. The zero-order valence-electron chi connectivity index (χ0n) is 7.99. The summed E-state index contributed by atoms with van der Waals surface area (Å²) in [7, 11) is -3.22. The molecule has 0 aliphatic heterocycles. The topological polar surface area (TPSA) is 46.2 Å². The van der Waals surface area contributed by atoms with Crippen LogP contribution in [0, 0.1) is 5.92 Å². The Morgan fingerprint density at radius 1 is 1.31 bits per heavy atom. The van der Waals surface area contributed by atoms with Gasteiger partial charge in [0.15, 0.2) is 0 Å². The lowest BCUT2D eigenvalue weighted by molar-refractivity contribution is 0.332. The third kappa shape index (κ3) is 3.48. The van der Waals surface area contributed by atoms with E-state index >= 15 is 0 Å². The Hall–Kier alpha value is -0.350. The molecule has 0 unspecified atom stereocenters. The summed E-state index contributed by atoms with van der Waals surface area (Å²) in [6, 6.07) is 0.124. The van der Waals surface area contributed by atoms with Crippen molar-refractivity contribution in [3.63, 3.8) is 0 Å². The summed E-state index contributed by atoms with van der Waals surface area (Å²) in [4.78, 5) is 0. The second-order valence-electron chi connectivity index (χ2n) is 3.79. The van der Waals surface area contributed by atoms with E-state index in [1.54, 1.807) is 0 Å². The predicted molar refractivity (Wildman–Crippen MR) is 53.7 cm³/mol. The molecule has 1 aliphatic rings. The molecule has 4 heteroatoms. The van der Waals surface area contributed by atoms with E-state index in [0.29, 0.717) is 0 Å². The van der Waals surface area contributed by atoms with Crippen LogP contribution in [0.5, 0.6) is 0 Å².